The number of carboxylic acid groups (broad SMARTS) is 1. The first-order valence-electron chi connectivity index (χ1n) is 6.24. The van der Waals surface area contributed by atoms with E-state index >= 15 is 0 Å². The predicted octanol–water partition coefficient (Wildman–Crippen LogP) is 4.92. The summed E-state index contributed by atoms with van der Waals surface area (Å²) >= 11 is 2.26. The first-order chi connectivity index (χ1) is 7.77. The van der Waals surface area contributed by atoms with E-state index in [-0.39, 0.29) is 0 Å². The number of rotatable bonds is 11. The third-order valence-electron chi connectivity index (χ3n) is 2.60. The molecule has 0 spiro atoms. The van der Waals surface area contributed by atoms with E-state index in [1.807, 2.05) is 0 Å². The molecule has 3 heteroatoms. The molecule has 0 unspecified atom stereocenters. The zero-order valence-electron chi connectivity index (χ0n) is 9.96. The Morgan fingerprint density at radius 2 is 1.44 bits per heavy atom. The number of carbonyl (C=O) groups is 1. The van der Waals surface area contributed by atoms with Crippen LogP contribution in [0.2, 0.25) is 0 Å². The molecule has 0 aromatic heterocycles. The highest BCUT2D eigenvalue weighted by Crippen LogP contribution is 2.10. The van der Waals surface area contributed by atoms with Gasteiger partial charge in [0.05, 0.1) is 0 Å². The summed E-state index contributed by atoms with van der Waals surface area (Å²) in [7, 11) is 0. The Kier molecular flexibility index (Phi) is 13.0. The van der Waals surface area contributed by atoms with Crippen molar-refractivity contribution in [1.29, 1.82) is 0 Å². The lowest BCUT2D eigenvalue weighted by Crippen LogP contribution is -1.93. The maximum atomic E-state index is 10.3. The van der Waals surface area contributed by atoms with Crippen molar-refractivity contribution < 1.29 is 9.90 Å². The molecule has 2 nitrogen and oxygen atoms in total. The molecule has 0 aromatic carbocycles. The molecule has 0 atom stereocenters. The van der Waals surface area contributed by atoms with Gasteiger partial charge in [-0.3, -0.25) is 4.79 Å². The quantitative estimate of drug-likeness (QED) is 0.427. The number of hydrogen-bond acceptors (Lipinski definition) is 1. The van der Waals surface area contributed by atoms with Gasteiger partial charge in [0.15, 0.2) is 0 Å². The van der Waals surface area contributed by atoms with E-state index < -0.39 is 5.97 Å². The molecule has 0 saturated heterocycles. The van der Waals surface area contributed by atoms with Gasteiger partial charge >= 0.3 is 5.97 Å². The summed E-state index contributed by atoms with van der Waals surface area (Å²) in [4.78, 5) is 10.3. The Bertz CT molecular complexity index is 190. The van der Waals surface area contributed by atoms with Crippen molar-refractivity contribution in [2.45, 2.75) is 64.2 Å². The smallest absolute Gasteiger partial charge is 0.303 e. The Balaban J connectivity index is 2.96. The van der Waals surface area contributed by atoms with Crippen LogP contribution in [0.25, 0.3) is 0 Å². The molecule has 0 radical (unpaired) electrons. The fraction of sp³-hybridized carbons (Fsp3) is 0.769. The summed E-state index contributed by atoms with van der Waals surface area (Å²) in [6, 6.07) is 0. The third kappa shape index (κ3) is 13.9. The molecule has 0 aromatic rings. The molecule has 1 N–H and O–H groups in total. The SMILES string of the molecule is O=C(O)CCCCCCCCCC/C=C/[131I]. The van der Waals surface area contributed by atoms with E-state index in [1.54, 1.807) is 0 Å². The summed E-state index contributed by atoms with van der Waals surface area (Å²) in [5.74, 6) is -0.664. The predicted molar refractivity (Wildman–Crippen MR) is 77.0 cm³/mol. The fourth-order valence-corrected chi connectivity index (χ4v) is 2.02. The fourth-order valence-electron chi connectivity index (χ4n) is 1.66. The number of allylic oxidation sites excluding steroid dienone is 1. The summed E-state index contributed by atoms with van der Waals surface area (Å²) in [6.07, 6.45) is 13.4. The van der Waals surface area contributed by atoms with E-state index in [0.717, 1.165) is 12.8 Å². The highest BCUT2D eigenvalue weighted by Gasteiger charge is 1.96. The average Bonchev–Trinajstić information content (AvgIpc) is 2.25. The van der Waals surface area contributed by atoms with Crippen LogP contribution in [0.1, 0.15) is 64.2 Å². The largest absolute Gasteiger partial charge is 0.481 e. The monoisotopic (exact) mass is 342 g/mol. The van der Waals surface area contributed by atoms with Crippen LogP contribution in [0.15, 0.2) is 10.2 Å². The number of halogens is 1. The molecular weight excluding hydrogens is 319 g/mol. The molecule has 94 valence electrons. The molecule has 0 aliphatic heterocycles. The molecule has 0 aliphatic rings. The molecule has 0 fully saturated rings. The van der Waals surface area contributed by atoms with Crippen molar-refractivity contribution in [3.05, 3.63) is 10.2 Å². The second kappa shape index (κ2) is 13.0. The Morgan fingerprint density at radius 1 is 0.938 bits per heavy atom. The van der Waals surface area contributed by atoms with Gasteiger partial charge < -0.3 is 5.11 Å². The molecule has 0 saturated carbocycles. The van der Waals surface area contributed by atoms with Gasteiger partial charge in [0.25, 0.3) is 0 Å². The molecule has 0 heterocycles. The zero-order chi connectivity index (χ0) is 12.1. The van der Waals surface area contributed by atoms with Gasteiger partial charge in [-0.15, -0.1) is 0 Å². The van der Waals surface area contributed by atoms with Gasteiger partial charge in [-0.25, -0.2) is 0 Å². The first-order valence-corrected chi connectivity index (χ1v) is 7.49. The van der Waals surface area contributed by atoms with Crippen molar-refractivity contribution in [2.75, 3.05) is 0 Å². The topological polar surface area (TPSA) is 37.3 Å². The Labute approximate surface area is 113 Å². The number of carboxylic acids is 1. The van der Waals surface area contributed by atoms with Gasteiger partial charge in [-0.1, -0.05) is 67.2 Å². The molecule has 0 bridgehead atoms. The van der Waals surface area contributed by atoms with Crippen molar-refractivity contribution in [3.8, 4) is 0 Å². The van der Waals surface area contributed by atoms with Crippen molar-refractivity contribution in [2.24, 2.45) is 0 Å². The van der Waals surface area contributed by atoms with Crippen LogP contribution in [0.4, 0.5) is 0 Å². The van der Waals surface area contributed by atoms with E-state index in [4.69, 9.17) is 5.11 Å². The molecule has 0 amide bonds. The lowest BCUT2D eigenvalue weighted by molar-refractivity contribution is -0.137. The highest BCUT2D eigenvalue weighted by atomic mass is 131. The van der Waals surface area contributed by atoms with E-state index in [0.29, 0.717) is 6.42 Å². The summed E-state index contributed by atoms with van der Waals surface area (Å²) in [5, 5.41) is 8.45. The molecular formula is C13H23IO2. The zero-order valence-corrected chi connectivity index (χ0v) is 12.1. The first kappa shape index (κ1) is 15.9. The second-order valence-electron chi connectivity index (χ2n) is 4.12. The van der Waals surface area contributed by atoms with Crippen molar-refractivity contribution in [1.82, 2.24) is 0 Å². The van der Waals surface area contributed by atoms with E-state index in [2.05, 4.69) is 32.7 Å². The van der Waals surface area contributed by atoms with Gasteiger partial charge in [0.2, 0.25) is 0 Å². The maximum absolute atomic E-state index is 10.3. The Morgan fingerprint density at radius 3 is 1.94 bits per heavy atom. The van der Waals surface area contributed by atoms with Crippen LogP contribution >= 0.6 is 22.6 Å². The summed E-state index contributed by atoms with van der Waals surface area (Å²) in [6.45, 7) is 0. The van der Waals surface area contributed by atoms with Crippen LogP contribution in [-0.4, -0.2) is 11.1 Å². The lowest BCUT2D eigenvalue weighted by atomic mass is 10.1. The minimum atomic E-state index is -0.664. The van der Waals surface area contributed by atoms with Crippen molar-refractivity contribution >= 4 is 28.6 Å². The average molecular weight is 342 g/mol. The van der Waals surface area contributed by atoms with Crippen LogP contribution in [0, 0.1) is 0 Å². The van der Waals surface area contributed by atoms with Crippen LogP contribution in [0.3, 0.4) is 0 Å². The standard InChI is InChI=1S/C13H23IO2/c14-12-10-8-6-4-2-1-3-5-7-9-11-13(15)16/h10,12H,1-9,11H2,(H,15,16)/b12-10+/i14+4. The third-order valence-corrected chi connectivity index (χ3v) is 3.11. The second-order valence-corrected chi connectivity index (χ2v) is 4.84. The van der Waals surface area contributed by atoms with Gasteiger partial charge in [0, 0.05) is 6.42 Å². The number of unbranched alkanes of at least 4 members (excludes halogenated alkanes) is 8. The summed E-state index contributed by atoms with van der Waals surface area (Å²) in [5.41, 5.74) is 0. The molecule has 0 rings (SSSR count). The maximum Gasteiger partial charge on any atom is 0.303 e. The van der Waals surface area contributed by atoms with Crippen molar-refractivity contribution in [3.63, 3.8) is 0 Å². The Hall–Kier alpha value is -0.0600. The van der Waals surface area contributed by atoms with Gasteiger partial charge in [0.1, 0.15) is 0 Å². The minimum absolute atomic E-state index is 0.336. The van der Waals surface area contributed by atoms with E-state index in [1.165, 1.54) is 44.9 Å². The number of hydrogen-bond donors (Lipinski definition) is 1. The van der Waals surface area contributed by atoms with E-state index in [9.17, 15) is 4.79 Å². The van der Waals surface area contributed by atoms with Crippen LogP contribution in [-0.2, 0) is 4.79 Å². The van der Waals surface area contributed by atoms with Gasteiger partial charge in [-0.05, 0) is 23.3 Å². The number of aliphatic carboxylic acids is 1. The highest BCUT2D eigenvalue weighted by molar-refractivity contribution is 14.1. The lowest BCUT2D eigenvalue weighted by Gasteiger charge is -2.00. The van der Waals surface area contributed by atoms with Crippen LogP contribution in [0.5, 0.6) is 0 Å². The molecule has 0 aliphatic carbocycles. The minimum Gasteiger partial charge on any atom is -0.481 e. The summed E-state index contributed by atoms with van der Waals surface area (Å²) < 4.78 is 2.08. The van der Waals surface area contributed by atoms with Crippen LogP contribution < -0.4 is 0 Å². The van der Waals surface area contributed by atoms with Gasteiger partial charge in [-0.2, -0.15) is 0 Å². The molecule has 16 heavy (non-hydrogen) atoms. The normalized spacial score (nSPS) is 11.1.